The lowest BCUT2D eigenvalue weighted by molar-refractivity contribution is -0.139. The summed E-state index contributed by atoms with van der Waals surface area (Å²) in [7, 11) is -1.56. The highest BCUT2D eigenvalue weighted by Crippen LogP contribution is 2.34. The van der Waals surface area contributed by atoms with Gasteiger partial charge in [0.25, 0.3) is 0 Å². The number of hydrogen-bond donors (Lipinski definition) is 5. The summed E-state index contributed by atoms with van der Waals surface area (Å²) >= 11 is 0. The van der Waals surface area contributed by atoms with Gasteiger partial charge in [-0.1, -0.05) is 11.3 Å². The van der Waals surface area contributed by atoms with Crippen LogP contribution in [0, 0.1) is 0 Å². The summed E-state index contributed by atoms with van der Waals surface area (Å²) < 4.78 is 5.64. The molecule has 0 saturated carbocycles. The molecule has 0 unspecified atom stereocenters. The number of carbonyl (C=O) groups is 2. The number of phenols is 1. The Balaban J connectivity index is 1.62. The molecule has 1 saturated heterocycles. The summed E-state index contributed by atoms with van der Waals surface area (Å²) in [5, 5.41) is 50.6. The average Bonchev–Trinajstić information content (AvgIpc) is 3.09. The molecule has 1 aliphatic rings. The van der Waals surface area contributed by atoms with Gasteiger partial charge in [-0.3, -0.25) is 4.79 Å². The van der Waals surface area contributed by atoms with Crippen LogP contribution in [0.2, 0.25) is 6.32 Å². The molecule has 3 rings (SSSR count). The fraction of sp³-hybridized carbons (Fsp3) is 0.400. The molecule has 1 aromatic carbocycles. The second-order valence-electron chi connectivity index (χ2n) is 6.31. The number of aromatic carboxylic acids is 1. The number of aromatic amines is 1. The normalized spacial score (nSPS) is 13.9. The zero-order chi connectivity index (χ0) is 20.3. The van der Waals surface area contributed by atoms with Crippen LogP contribution < -0.4 is 4.74 Å². The molecule has 0 spiro atoms. The zero-order valence-electron chi connectivity index (χ0n) is 14.6. The van der Waals surface area contributed by atoms with Crippen molar-refractivity contribution in [3.05, 3.63) is 29.1 Å². The van der Waals surface area contributed by atoms with E-state index in [0.29, 0.717) is 0 Å². The predicted octanol–water partition coefficient (Wildman–Crippen LogP) is -1.55. The molecular weight excluding hydrogens is 373 g/mol. The lowest BCUT2D eigenvalue weighted by Crippen LogP contribution is -2.56. The maximum absolute atomic E-state index is 12.1. The van der Waals surface area contributed by atoms with E-state index in [9.17, 15) is 19.8 Å². The number of aromatic nitrogens is 4. The first-order valence-corrected chi connectivity index (χ1v) is 8.46. The van der Waals surface area contributed by atoms with Crippen LogP contribution in [0.3, 0.4) is 0 Å². The largest absolute Gasteiger partial charge is 0.507 e. The number of amides is 1. The van der Waals surface area contributed by atoms with E-state index < -0.39 is 30.5 Å². The number of carbonyl (C=O) groups excluding carboxylic acids is 1. The van der Waals surface area contributed by atoms with Gasteiger partial charge in [-0.2, -0.15) is 5.21 Å². The van der Waals surface area contributed by atoms with E-state index in [1.807, 2.05) is 0 Å². The van der Waals surface area contributed by atoms with Crippen LogP contribution in [-0.4, -0.2) is 84.0 Å². The number of ether oxygens (including phenoxy) is 1. The van der Waals surface area contributed by atoms with Crippen LogP contribution in [0.15, 0.2) is 12.1 Å². The number of carboxylic acid groups (broad SMARTS) is 1. The van der Waals surface area contributed by atoms with Crippen molar-refractivity contribution in [2.75, 3.05) is 13.1 Å². The van der Waals surface area contributed by atoms with E-state index in [2.05, 4.69) is 20.6 Å². The summed E-state index contributed by atoms with van der Waals surface area (Å²) in [5.41, 5.74) is -0.134. The van der Waals surface area contributed by atoms with Crippen LogP contribution in [0.5, 0.6) is 11.5 Å². The van der Waals surface area contributed by atoms with Gasteiger partial charge in [0.15, 0.2) is 5.82 Å². The number of nitrogens with zero attached hydrogens (tertiary/aromatic N) is 4. The van der Waals surface area contributed by atoms with Gasteiger partial charge < -0.3 is 29.9 Å². The lowest BCUT2D eigenvalue weighted by atomic mass is 9.82. The van der Waals surface area contributed by atoms with Crippen molar-refractivity contribution in [1.82, 2.24) is 25.5 Å². The maximum atomic E-state index is 12.1. The molecule has 0 bridgehead atoms. The van der Waals surface area contributed by atoms with Crippen LogP contribution in [0.25, 0.3) is 0 Å². The highest BCUT2D eigenvalue weighted by atomic mass is 16.5. The van der Waals surface area contributed by atoms with Crippen molar-refractivity contribution in [2.45, 2.75) is 25.3 Å². The molecule has 0 aliphatic carbocycles. The molecule has 0 radical (unpaired) electrons. The second kappa shape index (κ2) is 8.23. The van der Waals surface area contributed by atoms with Gasteiger partial charge in [0.1, 0.15) is 23.2 Å². The molecule has 1 amide bonds. The number of H-pyrrole nitrogens is 1. The zero-order valence-corrected chi connectivity index (χ0v) is 14.6. The first kappa shape index (κ1) is 19.6. The average molecular weight is 391 g/mol. The molecule has 1 fully saturated rings. The van der Waals surface area contributed by atoms with Crippen LogP contribution in [0.1, 0.15) is 21.7 Å². The van der Waals surface area contributed by atoms with Crippen molar-refractivity contribution in [3.8, 4) is 11.5 Å². The molecule has 0 atom stereocenters. The Labute approximate surface area is 158 Å². The van der Waals surface area contributed by atoms with Crippen molar-refractivity contribution < 1.29 is 34.6 Å². The standard InChI is InChI=1S/C15H18BN5O7/c22-12(5-11-17-19-20-18-11)21-6-9(7-21)28-10-2-1-8(3-4-16(26)27)14(23)13(10)15(24)25/h1-2,9,23,26-27H,3-7H2,(H,24,25)(H,17,18,19,20). The first-order valence-electron chi connectivity index (χ1n) is 8.46. The Morgan fingerprint density at radius 1 is 1.32 bits per heavy atom. The molecular formula is C15H18BN5O7. The number of tetrazole rings is 1. The van der Waals surface area contributed by atoms with Crippen LogP contribution in [-0.2, 0) is 17.6 Å². The number of benzene rings is 1. The molecule has 28 heavy (non-hydrogen) atoms. The minimum atomic E-state index is -1.56. The van der Waals surface area contributed by atoms with E-state index in [4.69, 9.17) is 14.8 Å². The highest BCUT2D eigenvalue weighted by molar-refractivity contribution is 6.41. The summed E-state index contributed by atoms with van der Waals surface area (Å²) in [5.74, 6) is -1.80. The molecule has 2 heterocycles. The van der Waals surface area contributed by atoms with Gasteiger partial charge in [0.2, 0.25) is 5.91 Å². The number of rotatable bonds is 8. The molecule has 12 nitrogen and oxygen atoms in total. The van der Waals surface area contributed by atoms with E-state index in [1.165, 1.54) is 17.0 Å². The fourth-order valence-corrected chi connectivity index (χ4v) is 2.81. The first-order chi connectivity index (χ1) is 13.3. The predicted molar refractivity (Wildman–Crippen MR) is 92.6 cm³/mol. The molecule has 2 aromatic rings. The van der Waals surface area contributed by atoms with E-state index >= 15 is 0 Å². The molecule has 5 N–H and O–H groups in total. The third-order valence-electron chi connectivity index (χ3n) is 4.30. The summed E-state index contributed by atoms with van der Waals surface area (Å²) in [6, 6.07) is 2.88. The summed E-state index contributed by atoms with van der Waals surface area (Å²) in [6.45, 7) is 0.518. The monoisotopic (exact) mass is 391 g/mol. The number of aryl methyl sites for hydroxylation is 1. The van der Waals surface area contributed by atoms with Gasteiger partial charge in [0, 0.05) is 0 Å². The Bertz CT molecular complexity index is 855. The SMILES string of the molecule is O=C(O)c1c(OC2CN(C(=O)Cc3nn[nH]n3)C2)ccc(CCB(O)O)c1O. The number of likely N-dealkylation sites (tertiary alicyclic amines) is 1. The number of nitrogens with one attached hydrogen (secondary N) is 1. The summed E-state index contributed by atoms with van der Waals surface area (Å²) in [6.07, 6.45) is -0.383. The fourth-order valence-electron chi connectivity index (χ4n) is 2.81. The quantitative estimate of drug-likeness (QED) is 0.330. The van der Waals surface area contributed by atoms with E-state index in [1.54, 1.807) is 0 Å². The van der Waals surface area contributed by atoms with Crippen molar-refractivity contribution in [2.24, 2.45) is 0 Å². The van der Waals surface area contributed by atoms with Gasteiger partial charge >= 0.3 is 13.1 Å². The summed E-state index contributed by atoms with van der Waals surface area (Å²) in [4.78, 5) is 25.1. The molecule has 13 heteroatoms. The van der Waals surface area contributed by atoms with Gasteiger partial charge in [-0.25, -0.2) is 4.79 Å². The number of hydrogen-bond acceptors (Lipinski definition) is 9. The third kappa shape index (κ3) is 4.38. The Hall–Kier alpha value is -3.19. The smallest absolute Gasteiger partial charge is 0.451 e. The van der Waals surface area contributed by atoms with Crippen molar-refractivity contribution in [3.63, 3.8) is 0 Å². The van der Waals surface area contributed by atoms with E-state index in [0.717, 1.165) is 0 Å². The van der Waals surface area contributed by atoms with Gasteiger partial charge in [-0.05, 0) is 24.4 Å². The second-order valence-corrected chi connectivity index (χ2v) is 6.31. The minimum absolute atomic E-state index is 0.00418. The topological polar surface area (TPSA) is 182 Å². The van der Waals surface area contributed by atoms with E-state index in [-0.39, 0.29) is 55.3 Å². The molecule has 1 aromatic heterocycles. The molecule has 148 valence electrons. The Morgan fingerprint density at radius 3 is 2.68 bits per heavy atom. The van der Waals surface area contributed by atoms with Crippen LogP contribution in [0.4, 0.5) is 0 Å². The van der Waals surface area contributed by atoms with Gasteiger partial charge in [0.05, 0.1) is 19.5 Å². The maximum Gasteiger partial charge on any atom is 0.451 e. The third-order valence-corrected chi connectivity index (χ3v) is 4.30. The number of aromatic hydroxyl groups is 1. The molecule has 1 aliphatic heterocycles. The Kier molecular flexibility index (Phi) is 5.75. The Morgan fingerprint density at radius 2 is 2.07 bits per heavy atom. The highest BCUT2D eigenvalue weighted by Gasteiger charge is 2.34. The minimum Gasteiger partial charge on any atom is -0.507 e. The van der Waals surface area contributed by atoms with Gasteiger partial charge in [-0.15, -0.1) is 10.2 Å². The van der Waals surface area contributed by atoms with Crippen molar-refractivity contribution >= 4 is 19.0 Å². The van der Waals surface area contributed by atoms with Crippen molar-refractivity contribution in [1.29, 1.82) is 0 Å². The van der Waals surface area contributed by atoms with Crippen LogP contribution >= 0.6 is 0 Å². The lowest BCUT2D eigenvalue weighted by Gasteiger charge is -2.39. The number of carboxylic acids is 1.